The highest BCUT2D eigenvalue weighted by Gasteiger charge is 2.49. The van der Waals surface area contributed by atoms with E-state index in [0.717, 1.165) is 0 Å². The van der Waals surface area contributed by atoms with E-state index in [1.54, 1.807) is 6.92 Å². The summed E-state index contributed by atoms with van der Waals surface area (Å²) in [6, 6.07) is 5.76. The lowest BCUT2D eigenvalue weighted by Gasteiger charge is -2.42. The number of aromatic hydroxyl groups is 1. The number of ether oxygens (including phenoxy) is 1. The van der Waals surface area contributed by atoms with Crippen molar-refractivity contribution in [2.24, 2.45) is 0 Å². The number of phenols is 1. The second-order valence-electron chi connectivity index (χ2n) is 9.07. The Balaban J connectivity index is 2.11. The molecule has 0 heterocycles. The van der Waals surface area contributed by atoms with Crippen molar-refractivity contribution in [1.82, 2.24) is 0 Å². The maximum Gasteiger partial charge on any atom is 0.316 e. The van der Waals surface area contributed by atoms with Crippen molar-refractivity contribution in [2.75, 3.05) is 7.11 Å². The molecule has 2 atom stereocenters. The lowest BCUT2D eigenvalue weighted by atomic mass is 9.65. The van der Waals surface area contributed by atoms with Gasteiger partial charge in [0.15, 0.2) is 11.6 Å². The van der Waals surface area contributed by atoms with Gasteiger partial charge in [-0.05, 0) is 61.9 Å². The largest absolute Gasteiger partial charge is 0.507 e. The van der Waals surface area contributed by atoms with Crippen LogP contribution in [0.15, 0.2) is 24.3 Å². The first kappa shape index (κ1) is 22.2. The summed E-state index contributed by atoms with van der Waals surface area (Å²) in [4.78, 5) is 39.7. The van der Waals surface area contributed by atoms with Gasteiger partial charge in [-0.15, -0.1) is 0 Å². The number of esters is 1. The Hall–Kier alpha value is -3.03. The molecule has 0 fully saturated rings. The third-order valence-electron chi connectivity index (χ3n) is 6.77. The predicted molar refractivity (Wildman–Crippen MR) is 115 cm³/mol. The SMILES string of the molecule is CC[C@@]1(O)CCc2c(cc3c(c2C(C)(C)O)C(=O)c2c(O)cccc2C3=O)C1C(=O)OC. The highest BCUT2D eigenvalue weighted by Crippen LogP contribution is 2.48. The summed E-state index contributed by atoms with van der Waals surface area (Å²) >= 11 is 0. The van der Waals surface area contributed by atoms with Crippen LogP contribution in [0.5, 0.6) is 5.75 Å². The lowest BCUT2D eigenvalue weighted by Crippen LogP contribution is -2.45. The Labute approximate surface area is 185 Å². The summed E-state index contributed by atoms with van der Waals surface area (Å²) < 4.78 is 4.99. The first-order chi connectivity index (χ1) is 15.0. The molecule has 1 unspecified atom stereocenters. The Morgan fingerprint density at radius 1 is 1.19 bits per heavy atom. The van der Waals surface area contributed by atoms with Gasteiger partial charge in [-0.2, -0.15) is 0 Å². The van der Waals surface area contributed by atoms with Crippen LogP contribution in [0, 0.1) is 0 Å². The Bertz CT molecular complexity index is 1170. The molecule has 0 aliphatic heterocycles. The quantitative estimate of drug-likeness (QED) is 0.538. The van der Waals surface area contributed by atoms with Gasteiger partial charge in [0, 0.05) is 16.7 Å². The molecule has 0 saturated carbocycles. The van der Waals surface area contributed by atoms with E-state index in [0.29, 0.717) is 17.5 Å². The van der Waals surface area contributed by atoms with E-state index in [4.69, 9.17) is 4.74 Å². The summed E-state index contributed by atoms with van der Waals surface area (Å²) in [6.45, 7) is 4.79. The number of methoxy groups -OCH3 is 1. The zero-order valence-electron chi connectivity index (χ0n) is 18.5. The number of hydrogen-bond donors (Lipinski definition) is 3. The van der Waals surface area contributed by atoms with Crippen LogP contribution in [0.2, 0.25) is 0 Å². The van der Waals surface area contributed by atoms with Crippen molar-refractivity contribution in [3.05, 3.63) is 63.2 Å². The van der Waals surface area contributed by atoms with Crippen molar-refractivity contribution >= 4 is 17.5 Å². The molecule has 2 aromatic carbocycles. The molecule has 7 nitrogen and oxygen atoms in total. The fourth-order valence-corrected chi connectivity index (χ4v) is 5.22. The van der Waals surface area contributed by atoms with Crippen LogP contribution in [0.1, 0.15) is 88.1 Å². The van der Waals surface area contributed by atoms with Gasteiger partial charge in [0.2, 0.25) is 0 Å². The molecule has 32 heavy (non-hydrogen) atoms. The zero-order chi connectivity index (χ0) is 23.6. The van der Waals surface area contributed by atoms with Crippen LogP contribution in [0.25, 0.3) is 0 Å². The van der Waals surface area contributed by atoms with Crippen molar-refractivity contribution < 1.29 is 34.4 Å². The van der Waals surface area contributed by atoms with Gasteiger partial charge in [-0.25, -0.2) is 0 Å². The second kappa shape index (κ2) is 7.25. The van der Waals surface area contributed by atoms with Crippen LogP contribution in [0.3, 0.4) is 0 Å². The zero-order valence-corrected chi connectivity index (χ0v) is 18.5. The fourth-order valence-electron chi connectivity index (χ4n) is 5.22. The van der Waals surface area contributed by atoms with Gasteiger partial charge >= 0.3 is 5.97 Å². The number of rotatable bonds is 3. The minimum atomic E-state index is -1.53. The molecule has 168 valence electrons. The van der Waals surface area contributed by atoms with E-state index in [-0.39, 0.29) is 46.4 Å². The second-order valence-corrected chi connectivity index (χ2v) is 9.07. The summed E-state index contributed by atoms with van der Waals surface area (Å²) in [6.07, 6.45) is 0.807. The number of phenolic OH excluding ortho intramolecular Hbond substituents is 1. The van der Waals surface area contributed by atoms with E-state index in [1.807, 2.05) is 0 Å². The smallest absolute Gasteiger partial charge is 0.316 e. The third kappa shape index (κ3) is 2.99. The molecule has 0 aromatic heterocycles. The van der Waals surface area contributed by atoms with Crippen molar-refractivity contribution in [1.29, 1.82) is 0 Å². The van der Waals surface area contributed by atoms with E-state index >= 15 is 0 Å². The van der Waals surface area contributed by atoms with E-state index in [1.165, 1.54) is 45.2 Å². The average molecular weight is 438 g/mol. The van der Waals surface area contributed by atoms with Crippen molar-refractivity contribution in [3.63, 3.8) is 0 Å². The molecular formula is C25H26O7. The number of carbonyl (C=O) groups excluding carboxylic acids is 3. The van der Waals surface area contributed by atoms with Crippen LogP contribution >= 0.6 is 0 Å². The predicted octanol–water partition coefficient (Wildman–Crippen LogP) is 2.74. The normalized spacial score (nSPS) is 22.1. The highest BCUT2D eigenvalue weighted by atomic mass is 16.5. The topological polar surface area (TPSA) is 121 Å². The molecule has 0 radical (unpaired) electrons. The number of aliphatic hydroxyl groups is 2. The summed E-state index contributed by atoms with van der Waals surface area (Å²) in [5, 5.41) is 32.7. The molecule has 2 aromatic rings. The maximum absolute atomic E-state index is 13.5. The summed E-state index contributed by atoms with van der Waals surface area (Å²) in [5.74, 6) is -3.07. The fraction of sp³-hybridized carbons (Fsp3) is 0.400. The van der Waals surface area contributed by atoms with E-state index in [9.17, 15) is 29.7 Å². The number of ketones is 2. The van der Waals surface area contributed by atoms with Gasteiger partial charge in [-0.3, -0.25) is 14.4 Å². The maximum atomic E-state index is 13.5. The monoisotopic (exact) mass is 438 g/mol. The Kier molecular flexibility index (Phi) is 5.02. The van der Waals surface area contributed by atoms with Gasteiger partial charge in [-0.1, -0.05) is 19.1 Å². The highest BCUT2D eigenvalue weighted by molar-refractivity contribution is 6.30. The first-order valence-electron chi connectivity index (χ1n) is 10.6. The Morgan fingerprint density at radius 3 is 2.47 bits per heavy atom. The molecule has 0 saturated heterocycles. The number of hydrogen-bond acceptors (Lipinski definition) is 7. The first-order valence-corrected chi connectivity index (χ1v) is 10.6. The van der Waals surface area contributed by atoms with Gasteiger partial charge in [0.25, 0.3) is 0 Å². The molecule has 3 N–H and O–H groups in total. The average Bonchev–Trinajstić information content (AvgIpc) is 2.74. The minimum Gasteiger partial charge on any atom is -0.507 e. The van der Waals surface area contributed by atoms with Crippen LogP contribution in [0.4, 0.5) is 0 Å². The molecule has 7 heteroatoms. The van der Waals surface area contributed by atoms with Crippen molar-refractivity contribution in [2.45, 2.75) is 57.2 Å². The van der Waals surface area contributed by atoms with Crippen LogP contribution in [-0.2, 0) is 21.6 Å². The lowest BCUT2D eigenvalue weighted by molar-refractivity contribution is -0.151. The Morgan fingerprint density at radius 2 is 1.88 bits per heavy atom. The summed E-state index contributed by atoms with van der Waals surface area (Å²) in [7, 11) is 1.23. The van der Waals surface area contributed by atoms with Gasteiger partial charge in [0.05, 0.1) is 23.9 Å². The van der Waals surface area contributed by atoms with Crippen LogP contribution in [-0.4, -0.2) is 45.6 Å². The van der Waals surface area contributed by atoms with Gasteiger partial charge < -0.3 is 20.1 Å². The van der Waals surface area contributed by atoms with E-state index in [2.05, 4.69) is 0 Å². The number of fused-ring (bicyclic) bond motifs is 3. The molecule has 2 aliphatic rings. The molecule has 0 amide bonds. The van der Waals surface area contributed by atoms with Crippen molar-refractivity contribution in [3.8, 4) is 5.75 Å². The van der Waals surface area contributed by atoms with Gasteiger partial charge in [0.1, 0.15) is 11.7 Å². The molecule has 0 bridgehead atoms. The standard InChI is InChI=1S/C25H26O7/c1-5-25(31)10-9-12-14(20(25)23(29)32-4)11-15-18(19(12)24(2,3)30)22(28)17-13(21(15)27)7-6-8-16(17)26/h6-8,11,20,26,30-31H,5,9-10H2,1-4H3/t20?,25-/m1/s1. The molecule has 4 rings (SSSR count). The molecule has 2 aliphatic carbocycles. The van der Waals surface area contributed by atoms with E-state index < -0.39 is 34.7 Å². The minimum absolute atomic E-state index is 0.0285. The number of carbonyl (C=O) groups is 3. The molecule has 0 spiro atoms. The summed E-state index contributed by atoms with van der Waals surface area (Å²) in [5.41, 5.74) is -1.72. The molecular weight excluding hydrogens is 412 g/mol. The van der Waals surface area contributed by atoms with Crippen LogP contribution < -0.4 is 0 Å². The third-order valence-corrected chi connectivity index (χ3v) is 6.77. The number of benzene rings is 2.